The fraction of sp³-hybridized carbons (Fsp3) is 0.154. The number of hydrogen-bond acceptors (Lipinski definition) is 4. The Balaban J connectivity index is 2.03. The van der Waals surface area contributed by atoms with Crippen molar-refractivity contribution in [1.29, 1.82) is 0 Å². The largest absolute Gasteiger partial charge is 0.458 e. The van der Waals surface area contributed by atoms with Gasteiger partial charge in [0, 0.05) is 15.8 Å². The lowest BCUT2D eigenvalue weighted by Crippen LogP contribution is -1.98. The first-order valence-corrected chi connectivity index (χ1v) is 6.68. The Hall–Kier alpha value is -1.36. The Labute approximate surface area is 113 Å². The molecule has 2 heterocycles. The minimum atomic E-state index is -0.832. The van der Waals surface area contributed by atoms with E-state index in [0.717, 1.165) is 10.4 Å². The maximum atomic E-state index is 10.2. The molecule has 2 aromatic heterocycles. The van der Waals surface area contributed by atoms with Gasteiger partial charge in [-0.1, -0.05) is 11.6 Å². The van der Waals surface area contributed by atoms with Gasteiger partial charge in [-0.2, -0.15) is 0 Å². The van der Waals surface area contributed by atoms with Gasteiger partial charge < -0.3 is 9.52 Å². The molecular weight excluding hydrogens is 270 g/mol. The molecule has 3 aromatic rings. The SMILES string of the molecule is Cc1nc(C(O)c2cc3cc(Cl)ccc3o2)cs1. The lowest BCUT2D eigenvalue weighted by molar-refractivity contribution is 0.188. The third-order valence-electron chi connectivity index (χ3n) is 2.68. The quantitative estimate of drug-likeness (QED) is 0.773. The summed E-state index contributed by atoms with van der Waals surface area (Å²) in [5.74, 6) is 0.484. The highest BCUT2D eigenvalue weighted by Crippen LogP contribution is 2.30. The van der Waals surface area contributed by atoms with Gasteiger partial charge in [0.05, 0.1) is 10.7 Å². The summed E-state index contributed by atoms with van der Waals surface area (Å²) < 4.78 is 5.60. The third-order valence-corrected chi connectivity index (χ3v) is 3.71. The first kappa shape index (κ1) is 11.7. The van der Waals surface area contributed by atoms with Crippen LogP contribution in [-0.4, -0.2) is 10.1 Å². The second kappa shape index (κ2) is 4.39. The molecule has 0 bridgehead atoms. The van der Waals surface area contributed by atoms with Crippen molar-refractivity contribution in [2.24, 2.45) is 0 Å². The number of aliphatic hydroxyl groups excluding tert-OH is 1. The summed E-state index contributed by atoms with van der Waals surface area (Å²) in [5, 5.41) is 14.5. The van der Waals surface area contributed by atoms with Gasteiger partial charge in [-0.3, -0.25) is 0 Å². The first-order chi connectivity index (χ1) is 8.63. The Morgan fingerprint density at radius 3 is 2.94 bits per heavy atom. The lowest BCUT2D eigenvalue weighted by Gasteiger charge is -2.02. The molecule has 0 spiro atoms. The fourth-order valence-corrected chi connectivity index (χ4v) is 2.63. The molecule has 0 saturated heterocycles. The van der Waals surface area contributed by atoms with Gasteiger partial charge in [0.1, 0.15) is 11.3 Å². The van der Waals surface area contributed by atoms with Gasteiger partial charge in [0.25, 0.3) is 0 Å². The smallest absolute Gasteiger partial charge is 0.154 e. The van der Waals surface area contributed by atoms with E-state index in [1.54, 1.807) is 18.2 Å². The van der Waals surface area contributed by atoms with Crippen LogP contribution in [0.2, 0.25) is 5.02 Å². The van der Waals surface area contributed by atoms with Crippen LogP contribution in [0, 0.1) is 6.92 Å². The maximum absolute atomic E-state index is 10.2. The number of aliphatic hydroxyl groups is 1. The number of fused-ring (bicyclic) bond motifs is 1. The second-order valence-electron chi connectivity index (χ2n) is 4.02. The zero-order chi connectivity index (χ0) is 12.7. The predicted molar refractivity (Wildman–Crippen MR) is 72.1 cm³/mol. The molecule has 0 radical (unpaired) electrons. The molecule has 5 heteroatoms. The molecule has 0 saturated carbocycles. The number of rotatable bonds is 2. The van der Waals surface area contributed by atoms with Crippen LogP contribution in [0.5, 0.6) is 0 Å². The minimum Gasteiger partial charge on any atom is -0.458 e. The molecular formula is C13H10ClNO2S. The summed E-state index contributed by atoms with van der Waals surface area (Å²) in [5.41, 5.74) is 1.32. The number of hydrogen-bond donors (Lipinski definition) is 1. The second-order valence-corrected chi connectivity index (χ2v) is 5.52. The number of furan rings is 1. The molecule has 3 rings (SSSR count). The van der Waals surface area contributed by atoms with E-state index >= 15 is 0 Å². The van der Waals surface area contributed by atoms with Crippen LogP contribution in [0.4, 0.5) is 0 Å². The highest BCUT2D eigenvalue weighted by molar-refractivity contribution is 7.09. The van der Waals surface area contributed by atoms with Gasteiger partial charge in [-0.25, -0.2) is 4.98 Å². The summed E-state index contributed by atoms with van der Waals surface area (Å²) in [4.78, 5) is 4.26. The van der Waals surface area contributed by atoms with E-state index in [2.05, 4.69) is 4.98 Å². The Morgan fingerprint density at radius 2 is 2.22 bits per heavy atom. The normalized spacial score (nSPS) is 13.1. The van der Waals surface area contributed by atoms with Crippen molar-refractivity contribution < 1.29 is 9.52 Å². The summed E-state index contributed by atoms with van der Waals surface area (Å²) in [6, 6.07) is 7.15. The third kappa shape index (κ3) is 2.03. The molecule has 0 fully saturated rings. The van der Waals surface area contributed by atoms with Crippen LogP contribution in [-0.2, 0) is 0 Å². The molecule has 0 aliphatic heterocycles. The number of halogens is 1. The van der Waals surface area contributed by atoms with Gasteiger partial charge in [0.15, 0.2) is 6.10 Å². The van der Waals surface area contributed by atoms with E-state index in [1.165, 1.54) is 11.3 Å². The molecule has 0 aliphatic rings. The number of benzene rings is 1. The van der Waals surface area contributed by atoms with E-state index in [0.29, 0.717) is 22.1 Å². The summed E-state index contributed by atoms with van der Waals surface area (Å²) >= 11 is 7.42. The van der Waals surface area contributed by atoms with Crippen molar-refractivity contribution in [2.75, 3.05) is 0 Å². The number of thiazole rings is 1. The van der Waals surface area contributed by atoms with E-state index in [9.17, 15) is 5.11 Å². The lowest BCUT2D eigenvalue weighted by atomic mass is 10.2. The van der Waals surface area contributed by atoms with Crippen LogP contribution < -0.4 is 0 Å². The minimum absolute atomic E-state index is 0.484. The molecule has 92 valence electrons. The topological polar surface area (TPSA) is 46.3 Å². The number of aromatic nitrogens is 1. The van der Waals surface area contributed by atoms with Crippen molar-refractivity contribution in [3.63, 3.8) is 0 Å². The molecule has 0 amide bonds. The first-order valence-electron chi connectivity index (χ1n) is 5.42. The molecule has 1 N–H and O–H groups in total. The average molecular weight is 280 g/mol. The molecule has 1 atom stereocenters. The van der Waals surface area contributed by atoms with Crippen molar-refractivity contribution >= 4 is 33.9 Å². The van der Waals surface area contributed by atoms with Crippen molar-refractivity contribution in [3.8, 4) is 0 Å². The van der Waals surface area contributed by atoms with Gasteiger partial charge in [0.2, 0.25) is 0 Å². The fourth-order valence-electron chi connectivity index (χ4n) is 1.82. The summed E-state index contributed by atoms with van der Waals surface area (Å²) in [6.45, 7) is 1.90. The van der Waals surface area contributed by atoms with Crippen LogP contribution >= 0.6 is 22.9 Å². The monoisotopic (exact) mass is 279 g/mol. The zero-order valence-corrected chi connectivity index (χ0v) is 11.1. The molecule has 1 aromatic carbocycles. The summed E-state index contributed by atoms with van der Waals surface area (Å²) in [7, 11) is 0. The molecule has 3 nitrogen and oxygen atoms in total. The van der Waals surface area contributed by atoms with Crippen molar-refractivity contribution in [3.05, 3.63) is 51.1 Å². The molecule has 0 aliphatic carbocycles. The van der Waals surface area contributed by atoms with Gasteiger partial charge in [-0.05, 0) is 31.2 Å². The Morgan fingerprint density at radius 1 is 1.39 bits per heavy atom. The maximum Gasteiger partial charge on any atom is 0.154 e. The highest BCUT2D eigenvalue weighted by Gasteiger charge is 2.18. The average Bonchev–Trinajstić information content (AvgIpc) is 2.93. The molecule has 18 heavy (non-hydrogen) atoms. The molecule has 1 unspecified atom stereocenters. The van der Waals surface area contributed by atoms with Crippen LogP contribution in [0.3, 0.4) is 0 Å². The summed E-state index contributed by atoms with van der Waals surface area (Å²) in [6.07, 6.45) is -0.832. The van der Waals surface area contributed by atoms with E-state index in [4.69, 9.17) is 16.0 Å². The Bertz CT molecular complexity index is 704. The number of aryl methyl sites for hydroxylation is 1. The van der Waals surface area contributed by atoms with Crippen molar-refractivity contribution in [2.45, 2.75) is 13.0 Å². The number of nitrogens with zero attached hydrogens (tertiary/aromatic N) is 1. The van der Waals surface area contributed by atoms with Crippen LogP contribution in [0.1, 0.15) is 22.6 Å². The van der Waals surface area contributed by atoms with Gasteiger partial charge in [-0.15, -0.1) is 11.3 Å². The zero-order valence-electron chi connectivity index (χ0n) is 9.55. The van der Waals surface area contributed by atoms with E-state index in [-0.39, 0.29) is 0 Å². The van der Waals surface area contributed by atoms with Crippen molar-refractivity contribution in [1.82, 2.24) is 4.98 Å². The van der Waals surface area contributed by atoms with E-state index in [1.807, 2.05) is 18.4 Å². The van der Waals surface area contributed by atoms with Gasteiger partial charge >= 0.3 is 0 Å². The van der Waals surface area contributed by atoms with Crippen LogP contribution in [0.15, 0.2) is 34.1 Å². The standard InChI is InChI=1S/C13H10ClNO2S/c1-7-15-10(6-18-7)13(16)12-5-8-4-9(14)2-3-11(8)17-12/h2-6,13,16H,1H3. The highest BCUT2D eigenvalue weighted by atomic mass is 35.5. The predicted octanol–water partition coefficient (Wildman–Crippen LogP) is 3.93. The van der Waals surface area contributed by atoms with E-state index < -0.39 is 6.10 Å². The Kier molecular flexibility index (Phi) is 2.86. The van der Waals surface area contributed by atoms with Crippen LogP contribution in [0.25, 0.3) is 11.0 Å².